The maximum Gasteiger partial charge on any atom is 0.289 e. The van der Waals surface area contributed by atoms with Crippen LogP contribution in [0.25, 0.3) is 11.3 Å². The third-order valence-corrected chi connectivity index (χ3v) is 4.10. The van der Waals surface area contributed by atoms with Gasteiger partial charge in [-0.2, -0.15) is 10.2 Å². The van der Waals surface area contributed by atoms with Gasteiger partial charge in [-0.15, -0.1) is 0 Å². The summed E-state index contributed by atoms with van der Waals surface area (Å²) in [5.74, 6) is 0.384. The molecule has 0 aliphatic heterocycles. The molecule has 27 heavy (non-hydrogen) atoms. The molecule has 0 aliphatic rings. The molecule has 0 saturated carbocycles. The molecule has 0 aliphatic carbocycles. The summed E-state index contributed by atoms with van der Waals surface area (Å²) in [4.78, 5) is 12.3. The number of carbonyl (C=O) groups excluding carboxylic acids is 1. The molecular weight excluding hydrogens is 364 g/mol. The van der Waals surface area contributed by atoms with Crippen LogP contribution >= 0.6 is 11.6 Å². The van der Waals surface area contributed by atoms with Crippen LogP contribution in [-0.4, -0.2) is 28.4 Å². The molecule has 0 saturated heterocycles. The lowest BCUT2D eigenvalue weighted by atomic mass is 10.1. The Bertz CT molecular complexity index is 964. The van der Waals surface area contributed by atoms with Crippen molar-refractivity contribution in [1.82, 2.24) is 15.6 Å². The van der Waals surface area contributed by atoms with Crippen molar-refractivity contribution in [3.8, 4) is 17.0 Å². The van der Waals surface area contributed by atoms with Crippen molar-refractivity contribution >= 4 is 23.2 Å². The molecule has 1 amide bonds. The van der Waals surface area contributed by atoms with Gasteiger partial charge in [0.1, 0.15) is 11.4 Å². The van der Waals surface area contributed by atoms with Gasteiger partial charge >= 0.3 is 0 Å². The first kappa shape index (κ1) is 18.7. The van der Waals surface area contributed by atoms with Crippen molar-refractivity contribution in [2.75, 3.05) is 6.61 Å². The van der Waals surface area contributed by atoms with Gasteiger partial charge in [0.25, 0.3) is 5.91 Å². The fourth-order valence-electron chi connectivity index (χ4n) is 2.45. The lowest BCUT2D eigenvalue weighted by molar-refractivity contribution is 0.0950. The number of hydrazone groups is 1. The number of H-pyrrole nitrogens is 1. The maximum atomic E-state index is 12.3. The lowest BCUT2D eigenvalue weighted by Gasteiger charge is -2.03. The minimum absolute atomic E-state index is 0.319. The van der Waals surface area contributed by atoms with E-state index in [9.17, 15) is 4.79 Å². The van der Waals surface area contributed by atoms with E-state index in [1.54, 1.807) is 25.1 Å². The number of rotatable bonds is 6. The van der Waals surface area contributed by atoms with Gasteiger partial charge < -0.3 is 4.74 Å². The van der Waals surface area contributed by atoms with E-state index in [-0.39, 0.29) is 5.91 Å². The first-order valence-electron chi connectivity index (χ1n) is 8.46. The van der Waals surface area contributed by atoms with Crippen molar-refractivity contribution in [3.63, 3.8) is 0 Å². The highest BCUT2D eigenvalue weighted by Crippen LogP contribution is 2.22. The van der Waals surface area contributed by atoms with Gasteiger partial charge in [-0.25, -0.2) is 5.43 Å². The Hall–Kier alpha value is -3.12. The number of amides is 1. The second-order valence-electron chi connectivity index (χ2n) is 5.77. The monoisotopic (exact) mass is 382 g/mol. The summed E-state index contributed by atoms with van der Waals surface area (Å²) in [5.41, 5.74) is 5.90. The van der Waals surface area contributed by atoms with Crippen molar-refractivity contribution in [2.24, 2.45) is 5.10 Å². The van der Waals surface area contributed by atoms with Crippen LogP contribution in [0, 0.1) is 0 Å². The third-order valence-electron chi connectivity index (χ3n) is 3.85. The van der Waals surface area contributed by atoms with Gasteiger partial charge in [0.2, 0.25) is 0 Å². The highest BCUT2D eigenvalue weighted by Gasteiger charge is 2.11. The fourth-order valence-corrected chi connectivity index (χ4v) is 2.57. The number of aromatic nitrogens is 2. The Morgan fingerprint density at radius 3 is 2.74 bits per heavy atom. The van der Waals surface area contributed by atoms with Crippen molar-refractivity contribution in [1.29, 1.82) is 0 Å². The zero-order valence-corrected chi connectivity index (χ0v) is 15.7. The number of hydrogen-bond acceptors (Lipinski definition) is 4. The molecule has 1 aromatic heterocycles. The molecule has 2 aromatic carbocycles. The zero-order valence-electron chi connectivity index (χ0n) is 15.0. The van der Waals surface area contributed by atoms with Crippen LogP contribution in [0.4, 0.5) is 0 Å². The van der Waals surface area contributed by atoms with Crippen LogP contribution in [0.5, 0.6) is 5.75 Å². The summed E-state index contributed by atoms with van der Waals surface area (Å²) in [7, 11) is 0. The minimum atomic E-state index is -0.372. The lowest BCUT2D eigenvalue weighted by Crippen LogP contribution is -2.19. The van der Waals surface area contributed by atoms with Gasteiger partial charge in [-0.3, -0.25) is 9.89 Å². The molecular formula is C20H19ClN4O2. The van der Waals surface area contributed by atoms with E-state index in [4.69, 9.17) is 16.3 Å². The average Bonchev–Trinajstić information content (AvgIpc) is 3.17. The van der Waals surface area contributed by atoms with Gasteiger partial charge in [-0.05, 0) is 49.7 Å². The van der Waals surface area contributed by atoms with E-state index in [0.29, 0.717) is 28.7 Å². The Morgan fingerprint density at radius 1 is 1.22 bits per heavy atom. The van der Waals surface area contributed by atoms with Crippen LogP contribution in [0.15, 0.2) is 59.7 Å². The van der Waals surface area contributed by atoms with Crippen molar-refractivity contribution in [2.45, 2.75) is 13.8 Å². The zero-order chi connectivity index (χ0) is 19.2. The topological polar surface area (TPSA) is 79.4 Å². The number of benzene rings is 2. The van der Waals surface area contributed by atoms with Crippen LogP contribution in [0.2, 0.25) is 5.02 Å². The average molecular weight is 383 g/mol. The molecule has 3 aromatic rings. The molecule has 3 rings (SSSR count). The van der Waals surface area contributed by atoms with Gasteiger partial charge in [0.05, 0.1) is 18.0 Å². The van der Waals surface area contributed by atoms with E-state index in [0.717, 1.165) is 16.9 Å². The molecule has 0 fully saturated rings. The highest BCUT2D eigenvalue weighted by molar-refractivity contribution is 6.30. The quantitative estimate of drug-likeness (QED) is 0.493. The Kier molecular flexibility index (Phi) is 5.88. The van der Waals surface area contributed by atoms with Crippen LogP contribution in [0.3, 0.4) is 0 Å². The Morgan fingerprint density at radius 2 is 2.00 bits per heavy atom. The molecule has 0 atom stereocenters. The molecule has 0 radical (unpaired) electrons. The second-order valence-corrected chi connectivity index (χ2v) is 6.21. The van der Waals surface area contributed by atoms with E-state index < -0.39 is 0 Å². The number of halogens is 1. The first-order chi connectivity index (χ1) is 13.1. The molecule has 0 unspecified atom stereocenters. The largest absolute Gasteiger partial charge is 0.494 e. The number of carbonyl (C=O) groups is 1. The van der Waals surface area contributed by atoms with E-state index in [1.165, 1.54) is 0 Å². The van der Waals surface area contributed by atoms with Crippen LogP contribution < -0.4 is 10.2 Å². The predicted octanol–water partition coefficient (Wildman–Crippen LogP) is 4.28. The Labute approximate surface area is 162 Å². The van der Waals surface area contributed by atoms with Crippen molar-refractivity contribution in [3.05, 3.63) is 70.9 Å². The third kappa shape index (κ3) is 4.74. The second kappa shape index (κ2) is 8.51. The van der Waals surface area contributed by atoms with E-state index in [2.05, 4.69) is 20.7 Å². The maximum absolute atomic E-state index is 12.3. The van der Waals surface area contributed by atoms with Crippen molar-refractivity contribution < 1.29 is 9.53 Å². The summed E-state index contributed by atoms with van der Waals surface area (Å²) in [6.45, 7) is 4.32. The summed E-state index contributed by atoms with van der Waals surface area (Å²) in [5, 5.41) is 11.7. The van der Waals surface area contributed by atoms with Gasteiger partial charge in [0.15, 0.2) is 0 Å². The summed E-state index contributed by atoms with van der Waals surface area (Å²) >= 11 is 5.88. The first-order valence-corrected chi connectivity index (χ1v) is 8.84. The number of hydrogen-bond donors (Lipinski definition) is 2. The molecule has 0 spiro atoms. The fraction of sp³-hybridized carbons (Fsp3) is 0.150. The molecule has 6 nitrogen and oxygen atoms in total. The molecule has 7 heteroatoms. The molecule has 138 valence electrons. The van der Waals surface area contributed by atoms with Crippen LogP contribution in [-0.2, 0) is 0 Å². The van der Waals surface area contributed by atoms with Gasteiger partial charge in [0, 0.05) is 10.6 Å². The molecule has 0 bridgehead atoms. The molecule has 2 N–H and O–H groups in total. The standard InChI is InChI=1S/C20H19ClN4O2/c1-3-27-17-6-4-5-15(11-17)18-12-19(24-23-18)20(26)25-22-13(2)14-7-9-16(21)10-8-14/h4-12H,3H2,1-2H3,(H,23,24)(H,25,26). The number of ether oxygens (including phenoxy) is 1. The van der Waals surface area contributed by atoms with E-state index in [1.807, 2.05) is 43.3 Å². The summed E-state index contributed by atoms with van der Waals surface area (Å²) in [6, 6.07) is 16.4. The predicted molar refractivity (Wildman–Crippen MR) is 106 cm³/mol. The summed E-state index contributed by atoms with van der Waals surface area (Å²) < 4.78 is 5.49. The molecule has 1 heterocycles. The smallest absolute Gasteiger partial charge is 0.289 e. The van der Waals surface area contributed by atoms with Gasteiger partial charge in [-0.1, -0.05) is 35.9 Å². The van der Waals surface area contributed by atoms with E-state index >= 15 is 0 Å². The number of aromatic amines is 1. The SMILES string of the molecule is CCOc1cccc(-c2cc(C(=O)NN=C(C)c3ccc(Cl)cc3)[nH]n2)c1. The minimum Gasteiger partial charge on any atom is -0.494 e. The highest BCUT2D eigenvalue weighted by atomic mass is 35.5. The number of nitrogens with zero attached hydrogens (tertiary/aromatic N) is 2. The Balaban J connectivity index is 1.70. The summed E-state index contributed by atoms with van der Waals surface area (Å²) in [6.07, 6.45) is 0. The number of nitrogens with one attached hydrogen (secondary N) is 2. The van der Waals surface area contributed by atoms with Crippen LogP contribution in [0.1, 0.15) is 29.9 Å². The normalized spacial score (nSPS) is 11.3.